The first-order valence-electron chi connectivity index (χ1n) is 15.0. The normalized spacial score (nSPS) is 23.5. The molecule has 1 N–H and O–H groups in total. The van der Waals surface area contributed by atoms with Crippen LogP contribution in [0.25, 0.3) is 11.1 Å². The largest absolute Gasteiger partial charge is 0.338 e. The van der Waals surface area contributed by atoms with E-state index < -0.39 is 35.5 Å². The summed E-state index contributed by atoms with van der Waals surface area (Å²) in [6, 6.07) is 18.4. The number of nitrogens with zero attached hydrogens (tertiary/aromatic N) is 3. The Kier molecular flexibility index (Phi) is 7.08. The molecule has 3 unspecified atom stereocenters. The van der Waals surface area contributed by atoms with Gasteiger partial charge in [0, 0.05) is 39.1 Å². The van der Waals surface area contributed by atoms with E-state index >= 15 is 0 Å². The zero-order valence-corrected chi connectivity index (χ0v) is 24.0. The van der Waals surface area contributed by atoms with E-state index in [4.69, 9.17) is 0 Å². The topological polar surface area (TPSA) is 107 Å². The average Bonchev–Trinajstić information content (AvgIpc) is 3.25. The molecule has 0 saturated carbocycles. The van der Waals surface area contributed by atoms with Crippen molar-refractivity contribution >= 4 is 29.5 Å². The highest BCUT2D eigenvalue weighted by molar-refractivity contribution is 6.23. The maximum Gasteiger partial charge on any atom is 0.262 e. The van der Waals surface area contributed by atoms with Crippen LogP contribution in [0, 0.1) is 17.7 Å². The van der Waals surface area contributed by atoms with E-state index in [2.05, 4.69) is 22.3 Å². The average molecular weight is 595 g/mol. The van der Waals surface area contributed by atoms with Gasteiger partial charge in [0.2, 0.25) is 11.8 Å². The van der Waals surface area contributed by atoms with Crippen LogP contribution >= 0.6 is 0 Å². The SMILES string of the molecule is O=C1CCC(N2C(=O)c3ccc(-c4cccc(CN5CC6CC(C5)CN(C(=O)c5ccccc5F)C6)c4)cc3C2=O)C(=O)N1. The molecule has 5 amide bonds. The van der Waals surface area contributed by atoms with Gasteiger partial charge in [0.15, 0.2) is 0 Å². The minimum atomic E-state index is -0.999. The Morgan fingerprint density at radius 1 is 0.818 bits per heavy atom. The van der Waals surface area contributed by atoms with Crippen molar-refractivity contribution in [1.29, 1.82) is 0 Å². The molecule has 0 aromatic heterocycles. The number of amides is 5. The van der Waals surface area contributed by atoms with Crippen LogP contribution in [-0.2, 0) is 16.1 Å². The highest BCUT2D eigenvalue weighted by atomic mass is 19.1. The van der Waals surface area contributed by atoms with Crippen LogP contribution in [0.2, 0.25) is 0 Å². The van der Waals surface area contributed by atoms with Gasteiger partial charge in [-0.3, -0.25) is 39.1 Å². The highest BCUT2D eigenvalue weighted by Gasteiger charge is 2.44. The van der Waals surface area contributed by atoms with Crippen LogP contribution in [0.4, 0.5) is 4.39 Å². The summed E-state index contributed by atoms with van der Waals surface area (Å²) in [6.45, 7) is 3.63. The number of hydrogen-bond donors (Lipinski definition) is 1. The summed E-state index contributed by atoms with van der Waals surface area (Å²) in [6.07, 6.45) is 1.24. The number of benzene rings is 3. The smallest absolute Gasteiger partial charge is 0.262 e. The number of rotatable bonds is 5. The van der Waals surface area contributed by atoms with Crippen LogP contribution in [0.5, 0.6) is 0 Å². The highest BCUT2D eigenvalue weighted by Crippen LogP contribution is 2.33. The second-order valence-corrected chi connectivity index (χ2v) is 12.3. The number of piperidine rings is 3. The molecule has 2 bridgehead atoms. The molecule has 3 atom stereocenters. The molecule has 0 radical (unpaired) electrons. The first-order chi connectivity index (χ1) is 21.2. The second-order valence-electron chi connectivity index (χ2n) is 12.3. The second kappa shape index (κ2) is 11.1. The molecule has 0 aliphatic carbocycles. The first kappa shape index (κ1) is 28.1. The number of carbonyl (C=O) groups excluding carboxylic acids is 5. The lowest BCUT2D eigenvalue weighted by Gasteiger charge is -2.46. The minimum Gasteiger partial charge on any atom is -0.338 e. The maximum atomic E-state index is 14.3. The fraction of sp³-hybridized carbons (Fsp3) is 0.324. The van der Waals surface area contributed by atoms with Gasteiger partial charge in [-0.1, -0.05) is 36.4 Å². The summed E-state index contributed by atoms with van der Waals surface area (Å²) >= 11 is 0. The van der Waals surface area contributed by atoms with Crippen molar-refractivity contribution < 1.29 is 28.4 Å². The maximum absolute atomic E-state index is 14.3. The van der Waals surface area contributed by atoms with Gasteiger partial charge in [-0.2, -0.15) is 0 Å². The molecule has 224 valence electrons. The summed E-state index contributed by atoms with van der Waals surface area (Å²) in [7, 11) is 0. The Morgan fingerprint density at radius 3 is 2.30 bits per heavy atom. The van der Waals surface area contributed by atoms with Crippen LogP contribution in [0.1, 0.15) is 55.9 Å². The predicted octanol–water partition coefficient (Wildman–Crippen LogP) is 3.49. The molecular weight excluding hydrogens is 563 g/mol. The zero-order valence-electron chi connectivity index (χ0n) is 24.0. The van der Waals surface area contributed by atoms with Crippen LogP contribution in [-0.4, -0.2) is 76.5 Å². The molecule has 7 rings (SSSR count). The van der Waals surface area contributed by atoms with E-state index in [1.807, 2.05) is 18.2 Å². The first-order valence-corrected chi connectivity index (χ1v) is 15.0. The molecule has 10 heteroatoms. The summed E-state index contributed by atoms with van der Waals surface area (Å²) in [5.74, 6) is -2.19. The molecule has 9 nitrogen and oxygen atoms in total. The molecular formula is C34H31FN4O5. The summed E-state index contributed by atoms with van der Waals surface area (Å²) in [5.41, 5.74) is 3.43. The van der Waals surface area contributed by atoms with E-state index in [-0.39, 0.29) is 35.4 Å². The van der Waals surface area contributed by atoms with Crippen molar-refractivity contribution in [1.82, 2.24) is 20.0 Å². The molecule has 44 heavy (non-hydrogen) atoms. The lowest BCUT2D eigenvalue weighted by atomic mass is 9.84. The van der Waals surface area contributed by atoms with Crippen molar-refractivity contribution in [3.8, 4) is 11.1 Å². The van der Waals surface area contributed by atoms with Gasteiger partial charge in [-0.15, -0.1) is 0 Å². The molecule has 4 aliphatic heterocycles. The standard InChI is InChI=1S/C34H31FN4O5/c35-28-7-2-1-6-26(28)32(42)38-18-21-12-22(19-38)17-37(16-21)15-20-4-3-5-23(13-20)24-8-9-25-27(14-24)34(44)39(33(25)43)29-10-11-30(40)36-31(29)41/h1-9,13-14,21-22,29H,10-12,15-19H2,(H,36,40,41). The van der Waals surface area contributed by atoms with Gasteiger partial charge in [0.05, 0.1) is 16.7 Å². The van der Waals surface area contributed by atoms with Crippen LogP contribution < -0.4 is 5.32 Å². The van der Waals surface area contributed by atoms with E-state index in [0.29, 0.717) is 24.9 Å². The van der Waals surface area contributed by atoms with Gasteiger partial charge >= 0.3 is 0 Å². The molecule has 3 saturated heterocycles. The van der Waals surface area contributed by atoms with Crippen molar-refractivity contribution in [2.24, 2.45) is 11.8 Å². The van der Waals surface area contributed by atoms with E-state index in [0.717, 1.165) is 47.6 Å². The third-order valence-corrected chi connectivity index (χ3v) is 9.15. The summed E-state index contributed by atoms with van der Waals surface area (Å²) < 4.78 is 14.3. The number of carbonyl (C=O) groups is 5. The van der Waals surface area contributed by atoms with Gasteiger partial charge < -0.3 is 4.90 Å². The van der Waals surface area contributed by atoms with Crippen molar-refractivity contribution in [2.45, 2.75) is 31.8 Å². The lowest BCUT2D eigenvalue weighted by molar-refractivity contribution is -0.136. The molecule has 4 heterocycles. The number of nitrogens with one attached hydrogen (secondary N) is 1. The fourth-order valence-electron chi connectivity index (χ4n) is 7.25. The van der Waals surface area contributed by atoms with Crippen LogP contribution in [0.15, 0.2) is 66.7 Å². The van der Waals surface area contributed by atoms with Crippen molar-refractivity contribution in [3.63, 3.8) is 0 Å². The quantitative estimate of drug-likeness (QED) is 0.454. The zero-order chi connectivity index (χ0) is 30.5. The van der Waals surface area contributed by atoms with Crippen molar-refractivity contribution in [3.05, 3.63) is 94.8 Å². The lowest BCUT2D eigenvalue weighted by Crippen LogP contribution is -2.54. The number of halogens is 1. The Hall–Kier alpha value is -4.70. The number of fused-ring (bicyclic) bond motifs is 3. The third kappa shape index (κ3) is 5.09. The van der Waals surface area contributed by atoms with E-state index in [1.165, 1.54) is 6.07 Å². The van der Waals surface area contributed by atoms with Gasteiger partial charge in [0.25, 0.3) is 17.7 Å². The van der Waals surface area contributed by atoms with E-state index in [1.54, 1.807) is 35.2 Å². The molecule has 0 spiro atoms. The molecule has 3 aromatic rings. The Bertz CT molecular complexity index is 1710. The Balaban J connectivity index is 1.03. The Morgan fingerprint density at radius 2 is 1.55 bits per heavy atom. The monoisotopic (exact) mass is 594 g/mol. The molecule has 3 aromatic carbocycles. The number of hydrogen-bond acceptors (Lipinski definition) is 6. The molecule has 4 aliphatic rings. The van der Waals surface area contributed by atoms with E-state index in [9.17, 15) is 28.4 Å². The van der Waals surface area contributed by atoms with Crippen molar-refractivity contribution in [2.75, 3.05) is 26.2 Å². The third-order valence-electron chi connectivity index (χ3n) is 9.15. The van der Waals surface area contributed by atoms with Gasteiger partial charge in [-0.05, 0) is 71.7 Å². The van der Waals surface area contributed by atoms with Gasteiger partial charge in [-0.25, -0.2) is 4.39 Å². The molecule has 3 fully saturated rings. The number of likely N-dealkylation sites (tertiary alicyclic amines) is 2. The minimum absolute atomic E-state index is 0.0738. The van der Waals surface area contributed by atoms with Crippen LogP contribution in [0.3, 0.4) is 0 Å². The van der Waals surface area contributed by atoms with Gasteiger partial charge in [0.1, 0.15) is 11.9 Å². The fourth-order valence-corrected chi connectivity index (χ4v) is 7.25. The Labute approximate surface area is 253 Å². The number of imide groups is 2. The summed E-state index contributed by atoms with van der Waals surface area (Å²) in [4.78, 5) is 68.6. The summed E-state index contributed by atoms with van der Waals surface area (Å²) in [5, 5.41) is 2.22. The predicted molar refractivity (Wildman–Crippen MR) is 158 cm³/mol.